The van der Waals surface area contributed by atoms with E-state index >= 15 is 0 Å². The third-order valence-corrected chi connectivity index (χ3v) is 10.1. The van der Waals surface area contributed by atoms with Gasteiger partial charge in [-0.2, -0.15) is 4.58 Å². The number of carboxylic acid groups (broad SMARTS) is 1. The Labute approximate surface area is 252 Å². The third kappa shape index (κ3) is 3.90. The zero-order valence-corrected chi connectivity index (χ0v) is 25.1. The second-order valence-corrected chi connectivity index (χ2v) is 13.1. The van der Waals surface area contributed by atoms with Gasteiger partial charge in [0.15, 0.2) is 12.3 Å². The maximum Gasteiger partial charge on any atom is 0.303 e. The van der Waals surface area contributed by atoms with E-state index in [0.717, 1.165) is 55.8 Å². The summed E-state index contributed by atoms with van der Waals surface area (Å²) in [5.74, 6) is 0.239. The number of fused-ring (bicyclic) bond motifs is 9. The van der Waals surface area contributed by atoms with E-state index in [9.17, 15) is 4.79 Å². The molecular formula is C38H37N2O3+. The summed E-state index contributed by atoms with van der Waals surface area (Å²) in [6.45, 7) is 6.60. The van der Waals surface area contributed by atoms with Gasteiger partial charge in [0.1, 0.15) is 11.9 Å². The Hall–Kier alpha value is -4.38. The fourth-order valence-corrected chi connectivity index (χ4v) is 8.02. The van der Waals surface area contributed by atoms with Crippen molar-refractivity contribution in [1.29, 1.82) is 0 Å². The highest BCUT2D eigenvalue weighted by Gasteiger charge is 2.53. The largest absolute Gasteiger partial charge is 0.485 e. The summed E-state index contributed by atoms with van der Waals surface area (Å²) >= 11 is 0. The summed E-state index contributed by atoms with van der Waals surface area (Å²) < 4.78 is 9.38. The van der Waals surface area contributed by atoms with Crippen LogP contribution in [0.5, 0.6) is 5.75 Å². The number of unbranched alkanes of at least 4 members (excludes halogenated alkanes) is 2. The molecule has 0 spiro atoms. The molecule has 43 heavy (non-hydrogen) atoms. The van der Waals surface area contributed by atoms with Crippen LogP contribution in [0.15, 0.2) is 72.3 Å². The molecule has 4 aromatic carbocycles. The molecule has 0 radical (unpaired) electrons. The van der Waals surface area contributed by atoms with Crippen molar-refractivity contribution < 1.29 is 19.2 Å². The number of carboxylic acids is 1. The highest BCUT2D eigenvalue weighted by molar-refractivity contribution is 6.21. The normalized spacial score (nSPS) is 18.3. The smallest absolute Gasteiger partial charge is 0.303 e. The predicted octanol–water partition coefficient (Wildman–Crippen LogP) is 8.19. The van der Waals surface area contributed by atoms with Crippen molar-refractivity contribution in [2.24, 2.45) is 0 Å². The monoisotopic (exact) mass is 569 g/mol. The maximum absolute atomic E-state index is 10.8. The Kier molecular flexibility index (Phi) is 5.84. The lowest BCUT2D eigenvalue weighted by atomic mass is 9.75. The molecule has 0 amide bonds. The van der Waals surface area contributed by atoms with Gasteiger partial charge in [-0.15, -0.1) is 0 Å². The number of benzene rings is 4. The first-order chi connectivity index (χ1) is 20.8. The number of ether oxygens (including phenoxy) is 1. The minimum Gasteiger partial charge on any atom is -0.485 e. The van der Waals surface area contributed by atoms with E-state index in [1.165, 1.54) is 55.6 Å². The van der Waals surface area contributed by atoms with Gasteiger partial charge in [-0.1, -0.05) is 42.8 Å². The lowest BCUT2D eigenvalue weighted by Gasteiger charge is -2.32. The summed E-state index contributed by atoms with van der Waals surface area (Å²) in [7, 11) is 2.10. The Morgan fingerprint density at radius 1 is 0.977 bits per heavy atom. The molecule has 0 saturated carbocycles. The van der Waals surface area contributed by atoms with Crippen LogP contribution < -0.4 is 9.64 Å². The second kappa shape index (κ2) is 9.57. The fraction of sp³-hybridized carbons (Fsp3) is 0.316. The zero-order valence-electron chi connectivity index (χ0n) is 25.1. The van der Waals surface area contributed by atoms with Crippen LogP contribution in [0.3, 0.4) is 0 Å². The SMILES string of the molecule is CN(CCCCCC(=O)O)c1ccc2c(c1)OC1CC[N+]3=C(C1=C2)C(C)(C)c1cc2c4c(cccc4c13)-c1ccccc1-2. The number of rotatable bonds is 7. The van der Waals surface area contributed by atoms with Gasteiger partial charge < -0.3 is 14.7 Å². The first-order valence-electron chi connectivity index (χ1n) is 15.6. The third-order valence-electron chi connectivity index (χ3n) is 10.1. The molecule has 1 N–H and O–H groups in total. The predicted molar refractivity (Wildman–Crippen MR) is 174 cm³/mol. The molecule has 0 aromatic heterocycles. The van der Waals surface area contributed by atoms with Crippen LogP contribution in [0.4, 0.5) is 11.4 Å². The van der Waals surface area contributed by atoms with Gasteiger partial charge in [-0.05, 0) is 79.3 Å². The van der Waals surface area contributed by atoms with Gasteiger partial charge in [0.2, 0.25) is 5.69 Å². The van der Waals surface area contributed by atoms with Crippen LogP contribution in [0.1, 0.15) is 57.1 Å². The van der Waals surface area contributed by atoms with Gasteiger partial charge >= 0.3 is 5.97 Å². The molecule has 4 aliphatic rings. The summed E-state index contributed by atoms with van der Waals surface area (Å²) in [5.41, 5.74) is 13.0. The summed E-state index contributed by atoms with van der Waals surface area (Å²) in [5, 5.41) is 11.6. The molecule has 3 heterocycles. The molecule has 4 aromatic rings. The van der Waals surface area contributed by atoms with Crippen LogP contribution >= 0.6 is 0 Å². The van der Waals surface area contributed by atoms with Gasteiger partial charge in [0, 0.05) is 54.7 Å². The minimum absolute atomic E-state index is 0.0406. The van der Waals surface area contributed by atoms with E-state index in [0.29, 0.717) is 0 Å². The summed E-state index contributed by atoms with van der Waals surface area (Å²) in [6, 6.07) is 24.7. The molecule has 0 bridgehead atoms. The van der Waals surface area contributed by atoms with Crippen molar-refractivity contribution in [3.8, 4) is 28.0 Å². The number of aliphatic carboxylic acids is 1. The fourth-order valence-electron chi connectivity index (χ4n) is 8.02. The highest BCUT2D eigenvalue weighted by Crippen LogP contribution is 2.55. The Morgan fingerprint density at radius 3 is 2.58 bits per heavy atom. The molecule has 8 rings (SSSR count). The van der Waals surface area contributed by atoms with Crippen molar-refractivity contribution in [2.45, 2.75) is 57.5 Å². The quantitative estimate of drug-likeness (QED) is 0.159. The molecule has 1 unspecified atom stereocenters. The van der Waals surface area contributed by atoms with Gasteiger partial charge in [0.05, 0.1) is 16.4 Å². The van der Waals surface area contributed by atoms with E-state index in [1.807, 2.05) is 0 Å². The van der Waals surface area contributed by atoms with E-state index in [2.05, 4.69) is 103 Å². The minimum atomic E-state index is -0.714. The molecule has 1 aliphatic carbocycles. The first-order valence-corrected chi connectivity index (χ1v) is 15.6. The Morgan fingerprint density at radius 2 is 1.77 bits per heavy atom. The zero-order chi connectivity index (χ0) is 29.5. The number of nitrogens with zero attached hydrogens (tertiary/aromatic N) is 2. The van der Waals surface area contributed by atoms with Crippen molar-refractivity contribution in [3.05, 3.63) is 83.4 Å². The standard InChI is InChI=1S/C38H36N2O3/c1-38(2)31-22-29-26-11-7-6-10-25(26)27-12-9-13-28(35(27)29)36(31)40-19-17-32-30(37(38)40)20-23-15-16-24(21-33(23)43-32)39(3)18-8-4-5-14-34(41)42/h6-7,9-13,15-16,20-22,32H,4-5,8,14,17-19H2,1-3H3/p+1. The molecular weight excluding hydrogens is 532 g/mol. The van der Waals surface area contributed by atoms with E-state index in [1.54, 1.807) is 0 Å². The van der Waals surface area contributed by atoms with Gasteiger partial charge in [-0.25, -0.2) is 0 Å². The van der Waals surface area contributed by atoms with Crippen LogP contribution in [-0.2, 0) is 10.2 Å². The molecule has 3 aliphatic heterocycles. The molecule has 5 heteroatoms. The Bertz CT molecular complexity index is 1910. The van der Waals surface area contributed by atoms with E-state index < -0.39 is 5.97 Å². The summed E-state index contributed by atoms with van der Waals surface area (Å²) in [6.07, 6.45) is 6.23. The topological polar surface area (TPSA) is 52.8 Å². The molecule has 216 valence electrons. The van der Waals surface area contributed by atoms with Gasteiger partial charge in [0.25, 0.3) is 0 Å². The number of carbonyl (C=O) groups is 1. The lowest BCUT2D eigenvalue weighted by molar-refractivity contribution is -0.442. The average Bonchev–Trinajstić information content (AvgIpc) is 3.45. The molecule has 0 saturated heterocycles. The summed E-state index contributed by atoms with van der Waals surface area (Å²) in [4.78, 5) is 13.0. The average molecular weight is 570 g/mol. The van der Waals surface area contributed by atoms with Crippen LogP contribution in [0.25, 0.3) is 39.1 Å². The van der Waals surface area contributed by atoms with Crippen molar-refractivity contribution in [1.82, 2.24) is 0 Å². The lowest BCUT2D eigenvalue weighted by Crippen LogP contribution is -2.42. The van der Waals surface area contributed by atoms with Gasteiger partial charge in [-0.3, -0.25) is 4.79 Å². The molecule has 1 atom stereocenters. The van der Waals surface area contributed by atoms with E-state index in [-0.39, 0.29) is 17.9 Å². The van der Waals surface area contributed by atoms with Crippen LogP contribution in [0.2, 0.25) is 0 Å². The van der Waals surface area contributed by atoms with Crippen molar-refractivity contribution in [3.63, 3.8) is 0 Å². The molecule has 5 nitrogen and oxygen atoms in total. The molecule has 0 fully saturated rings. The maximum atomic E-state index is 10.8. The highest BCUT2D eigenvalue weighted by atomic mass is 16.5. The van der Waals surface area contributed by atoms with Crippen LogP contribution in [0, 0.1) is 0 Å². The first kappa shape index (κ1) is 26.3. The second-order valence-electron chi connectivity index (χ2n) is 13.1. The van der Waals surface area contributed by atoms with Crippen molar-refractivity contribution >= 4 is 39.9 Å². The van der Waals surface area contributed by atoms with E-state index in [4.69, 9.17) is 9.84 Å². The van der Waals surface area contributed by atoms with Crippen LogP contribution in [-0.4, -0.2) is 47.6 Å². The number of anilines is 1. The van der Waals surface area contributed by atoms with Crippen molar-refractivity contribution in [2.75, 3.05) is 25.0 Å². The number of hydrogen-bond acceptors (Lipinski definition) is 3. The Balaban J connectivity index is 1.15. The number of hydrogen-bond donors (Lipinski definition) is 1.